The smallest absolute Gasteiger partial charge is 0.255 e. The van der Waals surface area contributed by atoms with Crippen LogP contribution < -0.4 is 11.1 Å². The molecule has 4 nitrogen and oxygen atoms in total. The van der Waals surface area contributed by atoms with Gasteiger partial charge >= 0.3 is 0 Å². The summed E-state index contributed by atoms with van der Waals surface area (Å²) in [5.41, 5.74) is 7.68. The fraction of sp³-hybridized carbons (Fsp3) is 0.200. The van der Waals surface area contributed by atoms with E-state index in [0.29, 0.717) is 22.1 Å². The van der Waals surface area contributed by atoms with Crippen molar-refractivity contribution >= 4 is 44.9 Å². The number of aromatic nitrogens is 1. The third kappa shape index (κ3) is 4.19. The van der Waals surface area contributed by atoms with Gasteiger partial charge in [0.15, 0.2) is 0 Å². The summed E-state index contributed by atoms with van der Waals surface area (Å²) >= 11 is 9.31. The van der Waals surface area contributed by atoms with Gasteiger partial charge in [0.05, 0.1) is 5.02 Å². The van der Waals surface area contributed by atoms with Crippen LogP contribution in [0.5, 0.6) is 0 Å². The van der Waals surface area contributed by atoms with Crippen LogP contribution in [-0.4, -0.2) is 10.9 Å². The number of nitrogens with one attached hydrogen (secondary N) is 1. The van der Waals surface area contributed by atoms with Crippen LogP contribution >= 0.6 is 27.5 Å². The van der Waals surface area contributed by atoms with Crippen molar-refractivity contribution in [3.8, 4) is 0 Å². The minimum atomic E-state index is -0.236. The van der Waals surface area contributed by atoms with Gasteiger partial charge in [0.2, 0.25) is 0 Å². The molecule has 110 valence electrons. The minimum Gasteiger partial charge on any atom is -0.384 e. The van der Waals surface area contributed by atoms with Crippen molar-refractivity contribution in [3.05, 3.63) is 51.1 Å². The summed E-state index contributed by atoms with van der Waals surface area (Å²) in [6, 6.07) is 8.55. The molecular formula is C15H15BrClN3O. The summed E-state index contributed by atoms with van der Waals surface area (Å²) in [6.07, 6.45) is 1.73. The Bertz CT molecular complexity index is 676. The first-order valence-corrected chi connectivity index (χ1v) is 7.69. The second-order valence-corrected chi connectivity index (χ2v) is 5.87. The van der Waals surface area contributed by atoms with Crippen molar-refractivity contribution in [2.45, 2.75) is 19.8 Å². The zero-order chi connectivity index (χ0) is 15.4. The molecule has 0 unspecified atom stereocenters. The highest BCUT2D eigenvalue weighted by Crippen LogP contribution is 2.25. The number of amides is 1. The lowest BCUT2D eigenvalue weighted by molar-refractivity contribution is 0.102. The molecule has 0 aliphatic carbocycles. The van der Waals surface area contributed by atoms with E-state index in [-0.39, 0.29) is 5.91 Å². The van der Waals surface area contributed by atoms with Crippen LogP contribution in [0, 0.1) is 0 Å². The van der Waals surface area contributed by atoms with Crippen molar-refractivity contribution in [1.29, 1.82) is 0 Å². The largest absolute Gasteiger partial charge is 0.384 e. The number of benzene rings is 1. The second kappa shape index (κ2) is 6.91. The van der Waals surface area contributed by atoms with Crippen LogP contribution in [0.15, 0.2) is 34.8 Å². The molecule has 0 bridgehead atoms. The standard InChI is InChI=1S/C15H15BrClN3O/c1-2-3-10-6-9(7-14(18)19-10)15(21)20-11-4-5-12(16)13(17)8-11/h4-8H,2-3H2,1H3,(H2,18,19)(H,20,21). The highest BCUT2D eigenvalue weighted by atomic mass is 79.9. The lowest BCUT2D eigenvalue weighted by Crippen LogP contribution is -2.13. The molecule has 1 aromatic carbocycles. The van der Waals surface area contributed by atoms with Crippen LogP contribution in [0.2, 0.25) is 5.02 Å². The third-order valence-electron chi connectivity index (χ3n) is 2.84. The number of anilines is 2. The van der Waals surface area contributed by atoms with Crippen molar-refractivity contribution in [2.24, 2.45) is 0 Å². The van der Waals surface area contributed by atoms with Gasteiger partial charge in [0.1, 0.15) is 5.82 Å². The van der Waals surface area contributed by atoms with E-state index in [0.717, 1.165) is 23.0 Å². The van der Waals surface area contributed by atoms with Gasteiger partial charge in [0, 0.05) is 21.4 Å². The van der Waals surface area contributed by atoms with E-state index in [1.165, 1.54) is 0 Å². The number of halogens is 2. The van der Waals surface area contributed by atoms with E-state index >= 15 is 0 Å². The molecule has 0 aliphatic heterocycles. The van der Waals surface area contributed by atoms with E-state index in [4.69, 9.17) is 17.3 Å². The van der Waals surface area contributed by atoms with E-state index < -0.39 is 0 Å². The molecule has 1 aromatic heterocycles. The number of nitrogens with zero attached hydrogens (tertiary/aromatic N) is 1. The van der Waals surface area contributed by atoms with Crippen LogP contribution in [0.25, 0.3) is 0 Å². The van der Waals surface area contributed by atoms with Crippen LogP contribution in [0.3, 0.4) is 0 Å². The summed E-state index contributed by atoms with van der Waals surface area (Å²) in [4.78, 5) is 16.5. The Kier molecular flexibility index (Phi) is 5.20. The first-order chi connectivity index (χ1) is 9.99. The number of rotatable bonds is 4. The Balaban J connectivity index is 2.21. The molecule has 0 spiro atoms. The predicted octanol–water partition coefficient (Wildman–Crippen LogP) is 4.28. The van der Waals surface area contributed by atoms with Gasteiger partial charge in [0.25, 0.3) is 5.91 Å². The summed E-state index contributed by atoms with van der Waals surface area (Å²) < 4.78 is 0.778. The van der Waals surface area contributed by atoms with Crippen molar-refractivity contribution in [1.82, 2.24) is 4.98 Å². The van der Waals surface area contributed by atoms with Gasteiger partial charge in [-0.15, -0.1) is 0 Å². The molecule has 2 rings (SSSR count). The van der Waals surface area contributed by atoms with Gasteiger partial charge < -0.3 is 11.1 Å². The molecule has 1 amide bonds. The molecule has 0 aliphatic rings. The number of carbonyl (C=O) groups excluding carboxylic acids is 1. The zero-order valence-corrected chi connectivity index (χ0v) is 13.8. The molecule has 1 heterocycles. The number of nitrogens with two attached hydrogens (primary N) is 1. The number of hydrogen-bond donors (Lipinski definition) is 2. The summed E-state index contributed by atoms with van der Waals surface area (Å²) in [6.45, 7) is 2.05. The first-order valence-electron chi connectivity index (χ1n) is 6.52. The molecule has 6 heteroatoms. The Hall–Kier alpha value is -1.59. The molecule has 0 fully saturated rings. The quantitative estimate of drug-likeness (QED) is 0.846. The molecule has 0 saturated carbocycles. The average molecular weight is 369 g/mol. The Morgan fingerprint density at radius 3 is 2.81 bits per heavy atom. The molecular weight excluding hydrogens is 354 g/mol. The van der Waals surface area contributed by atoms with Crippen molar-refractivity contribution < 1.29 is 4.79 Å². The average Bonchev–Trinajstić information content (AvgIpc) is 2.42. The van der Waals surface area contributed by atoms with Gasteiger partial charge in [-0.1, -0.05) is 24.9 Å². The fourth-order valence-electron chi connectivity index (χ4n) is 1.90. The third-order valence-corrected chi connectivity index (χ3v) is 4.08. The number of hydrogen-bond acceptors (Lipinski definition) is 3. The minimum absolute atomic E-state index is 0.236. The Morgan fingerprint density at radius 2 is 2.14 bits per heavy atom. The van der Waals surface area contributed by atoms with Gasteiger partial charge in [-0.2, -0.15) is 0 Å². The lowest BCUT2D eigenvalue weighted by Gasteiger charge is -2.08. The second-order valence-electron chi connectivity index (χ2n) is 4.61. The number of pyridine rings is 1. The number of aryl methyl sites for hydroxylation is 1. The Morgan fingerprint density at radius 1 is 1.38 bits per heavy atom. The van der Waals surface area contributed by atoms with E-state index in [9.17, 15) is 4.79 Å². The topological polar surface area (TPSA) is 68.0 Å². The summed E-state index contributed by atoms with van der Waals surface area (Å²) in [7, 11) is 0. The summed E-state index contributed by atoms with van der Waals surface area (Å²) in [5.74, 6) is 0.111. The van der Waals surface area contributed by atoms with Gasteiger partial charge in [-0.05, 0) is 52.7 Å². The maximum absolute atomic E-state index is 12.3. The van der Waals surface area contributed by atoms with E-state index in [1.807, 2.05) is 0 Å². The predicted molar refractivity (Wildman–Crippen MR) is 89.7 cm³/mol. The highest BCUT2D eigenvalue weighted by Gasteiger charge is 2.10. The molecule has 2 aromatic rings. The van der Waals surface area contributed by atoms with E-state index in [2.05, 4.69) is 33.2 Å². The fourth-order valence-corrected chi connectivity index (χ4v) is 2.33. The zero-order valence-electron chi connectivity index (χ0n) is 11.5. The molecule has 0 saturated heterocycles. The molecule has 0 atom stereocenters. The van der Waals surface area contributed by atoms with Crippen molar-refractivity contribution in [2.75, 3.05) is 11.1 Å². The van der Waals surface area contributed by atoms with Crippen LogP contribution in [0.4, 0.5) is 11.5 Å². The maximum Gasteiger partial charge on any atom is 0.255 e. The number of carbonyl (C=O) groups is 1. The normalized spacial score (nSPS) is 10.4. The van der Waals surface area contributed by atoms with Gasteiger partial charge in [-0.25, -0.2) is 4.98 Å². The molecule has 21 heavy (non-hydrogen) atoms. The van der Waals surface area contributed by atoms with E-state index in [1.54, 1.807) is 30.3 Å². The van der Waals surface area contributed by atoms with Crippen molar-refractivity contribution in [3.63, 3.8) is 0 Å². The monoisotopic (exact) mass is 367 g/mol. The number of nitrogen functional groups attached to an aromatic ring is 1. The lowest BCUT2D eigenvalue weighted by atomic mass is 10.1. The molecule has 3 N–H and O–H groups in total. The summed E-state index contributed by atoms with van der Waals surface area (Å²) in [5, 5.41) is 3.33. The molecule has 0 radical (unpaired) electrons. The highest BCUT2D eigenvalue weighted by molar-refractivity contribution is 9.10. The maximum atomic E-state index is 12.3. The van der Waals surface area contributed by atoms with Gasteiger partial charge in [-0.3, -0.25) is 4.79 Å². The van der Waals surface area contributed by atoms with Crippen LogP contribution in [-0.2, 0) is 6.42 Å². The Labute approximate surface area is 136 Å². The first kappa shape index (κ1) is 15.8. The van der Waals surface area contributed by atoms with Crippen LogP contribution in [0.1, 0.15) is 29.4 Å². The SMILES string of the molecule is CCCc1cc(C(=O)Nc2ccc(Br)c(Cl)c2)cc(N)n1.